The number of thiophene rings is 1. The number of amides is 1. The molecule has 1 aliphatic heterocycles. The number of carbonyl (C=O) groups is 2. The largest absolute Gasteiger partial charge is 0.490 e. The van der Waals surface area contributed by atoms with Crippen LogP contribution in [-0.2, 0) is 4.79 Å². The molecule has 3 N–H and O–H groups in total. The summed E-state index contributed by atoms with van der Waals surface area (Å²) in [6.07, 6.45) is -4.42. The first kappa shape index (κ1) is 24.7. The second-order valence-electron chi connectivity index (χ2n) is 6.92. The third-order valence-electron chi connectivity index (χ3n) is 4.70. The van der Waals surface area contributed by atoms with Gasteiger partial charge in [0.25, 0.3) is 5.91 Å². The van der Waals surface area contributed by atoms with Crippen LogP contribution in [0.4, 0.5) is 17.6 Å². The van der Waals surface area contributed by atoms with Gasteiger partial charge in [0.1, 0.15) is 6.17 Å². The van der Waals surface area contributed by atoms with Crippen molar-refractivity contribution in [2.75, 3.05) is 19.6 Å². The van der Waals surface area contributed by atoms with E-state index in [9.17, 15) is 22.4 Å². The van der Waals surface area contributed by atoms with E-state index in [1.807, 2.05) is 30.5 Å². The van der Waals surface area contributed by atoms with E-state index < -0.39 is 18.3 Å². The molecule has 6 nitrogen and oxygen atoms in total. The highest BCUT2D eigenvalue weighted by Gasteiger charge is 2.38. The standard InChI is InChI=1S/C18H22FN3OS.C2HF3O2/c1-12-14(4-5-16(22-12)17-3-2-10-24-17)18(23)21-11-15(19)13-6-8-20-9-7-13;3-2(4,5)1(6)7/h2-5,10,13,15,20H,6-9,11H2,1H3,(H,21,23);(H,6,7). The number of hydrogen-bond donors (Lipinski definition) is 3. The first-order valence-electron chi connectivity index (χ1n) is 9.54. The maximum atomic E-state index is 14.3. The van der Waals surface area contributed by atoms with Crippen LogP contribution in [0.3, 0.4) is 0 Å². The number of carbonyl (C=O) groups excluding carboxylic acids is 1. The van der Waals surface area contributed by atoms with Crippen LogP contribution in [0.25, 0.3) is 10.6 Å². The molecular weight excluding hydrogens is 438 g/mol. The Morgan fingerprint density at radius 2 is 1.94 bits per heavy atom. The van der Waals surface area contributed by atoms with Crippen molar-refractivity contribution in [3.63, 3.8) is 0 Å². The zero-order valence-corrected chi connectivity index (χ0v) is 17.5. The van der Waals surface area contributed by atoms with E-state index in [0.717, 1.165) is 36.5 Å². The van der Waals surface area contributed by atoms with E-state index in [-0.39, 0.29) is 18.4 Å². The topological polar surface area (TPSA) is 91.3 Å². The quantitative estimate of drug-likeness (QED) is 0.589. The number of carboxylic acids is 1. The monoisotopic (exact) mass is 461 g/mol. The second kappa shape index (κ2) is 11.2. The second-order valence-corrected chi connectivity index (χ2v) is 7.87. The molecule has 1 unspecified atom stereocenters. The number of nitrogens with zero attached hydrogens (tertiary/aromatic N) is 1. The van der Waals surface area contributed by atoms with Gasteiger partial charge in [-0.05, 0) is 62.4 Å². The lowest BCUT2D eigenvalue weighted by molar-refractivity contribution is -0.192. The average molecular weight is 461 g/mol. The molecule has 2 aromatic heterocycles. The summed E-state index contributed by atoms with van der Waals surface area (Å²) in [5.41, 5.74) is 2.03. The van der Waals surface area contributed by atoms with Crippen LogP contribution < -0.4 is 10.6 Å². The number of pyridine rings is 1. The fraction of sp³-hybridized carbons (Fsp3) is 0.450. The average Bonchev–Trinajstić information content (AvgIpc) is 3.27. The summed E-state index contributed by atoms with van der Waals surface area (Å²) in [5, 5.41) is 15.1. The number of hydrogen-bond acceptors (Lipinski definition) is 5. The molecule has 11 heteroatoms. The van der Waals surface area contributed by atoms with Crippen LogP contribution >= 0.6 is 11.3 Å². The van der Waals surface area contributed by atoms with Gasteiger partial charge in [-0.25, -0.2) is 9.18 Å². The molecule has 3 rings (SSSR count). The van der Waals surface area contributed by atoms with Crippen molar-refractivity contribution in [3.8, 4) is 10.6 Å². The summed E-state index contributed by atoms with van der Waals surface area (Å²) in [4.78, 5) is 26.8. The summed E-state index contributed by atoms with van der Waals surface area (Å²) < 4.78 is 46.0. The van der Waals surface area contributed by atoms with Crippen molar-refractivity contribution in [1.29, 1.82) is 0 Å². The number of piperidine rings is 1. The number of aromatic nitrogens is 1. The molecule has 0 saturated carbocycles. The van der Waals surface area contributed by atoms with Gasteiger partial charge in [-0.2, -0.15) is 13.2 Å². The van der Waals surface area contributed by atoms with E-state index in [4.69, 9.17) is 9.90 Å². The molecule has 0 aromatic carbocycles. The predicted molar refractivity (Wildman–Crippen MR) is 109 cm³/mol. The molecule has 170 valence electrons. The van der Waals surface area contributed by atoms with Gasteiger partial charge in [0.05, 0.1) is 21.8 Å². The SMILES string of the molecule is Cc1nc(-c2cccs2)ccc1C(=O)NCC(F)C1CCNCC1.O=C(O)C(F)(F)F. The minimum atomic E-state index is -5.08. The Morgan fingerprint density at radius 1 is 1.29 bits per heavy atom. The zero-order chi connectivity index (χ0) is 23.0. The van der Waals surface area contributed by atoms with Crippen molar-refractivity contribution in [2.24, 2.45) is 5.92 Å². The lowest BCUT2D eigenvalue weighted by Gasteiger charge is -2.25. The minimum absolute atomic E-state index is 0.0342. The number of nitrogens with one attached hydrogen (secondary N) is 2. The van der Waals surface area contributed by atoms with Crippen LogP contribution in [-0.4, -0.2) is 53.9 Å². The Balaban J connectivity index is 0.000000423. The zero-order valence-electron chi connectivity index (χ0n) is 16.7. The van der Waals surface area contributed by atoms with Gasteiger partial charge in [0, 0.05) is 6.54 Å². The molecule has 3 heterocycles. The van der Waals surface area contributed by atoms with Crippen LogP contribution in [0.5, 0.6) is 0 Å². The maximum absolute atomic E-state index is 14.3. The van der Waals surface area contributed by atoms with Gasteiger partial charge in [0.15, 0.2) is 0 Å². The third kappa shape index (κ3) is 7.59. The Bertz CT molecular complexity index is 869. The highest BCUT2D eigenvalue weighted by Crippen LogP contribution is 2.24. The summed E-state index contributed by atoms with van der Waals surface area (Å²) in [6, 6.07) is 7.58. The van der Waals surface area contributed by atoms with Crippen molar-refractivity contribution >= 4 is 23.2 Å². The number of aryl methyl sites for hydroxylation is 1. The predicted octanol–water partition coefficient (Wildman–Crippen LogP) is 3.82. The van der Waals surface area contributed by atoms with Crippen molar-refractivity contribution in [3.05, 3.63) is 40.9 Å². The molecule has 0 spiro atoms. The Kier molecular flexibility index (Phi) is 8.93. The molecule has 31 heavy (non-hydrogen) atoms. The Morgan fingerprint density at radius 3 is 2.45 bits per heavy atom. The van der Waals surface area contributed by atoms with E-state index in [1.165, 1.54) is 0 Å². The van der Waals surface area contributed by atoms with Gasteiger partial charge >= 0.3 is 12.1 Å². The molecule has 1 amide bonds. The third-order valence-corrected chi connectivity index (χ3v) is 5.59. The molecule has 0 radical (unpaired) electrons. The fourth-order valence-electron chi connectivity index (χ4n) is 3.02. The molecular formula is C20H23F4N3O3S. The summed E-state index contributed by atoms with van der Waals surface area (Å²) >= 11 is 1.61. The Labute approximate surface area is 180 Å². The highest BCUT2D eigenvalue weighted by atomic mass is 32.1. The Hall–Kier alpha value is -2.53. The number of rotatable bonds is 5. The van der Waals surface area contributed by atoms with Crippen LogP contribution in [0.2, 0.25) is 0 Å². The van der Waals surface area contributed by atoms with E-state index in [1.54, 1.807) is 17.4 Å². The number of alkyl halides is 4. The maximum Gasteiger partial charge on any atom is 0.490 e. The minimum Gasteiger partial charge on any atom is -0.475 e. The van der Waals surface area contributed by atoms with Crippen molar-refractivity contribution in [2.45, 2.75) is 32.1 Å². The van der Waals surface area contributed by atoms with Crippen LogP contribution in [0.15, 0.2) is 29.6 Å². The summed E-state index contributed by atoms with van der Waals surface area (Å²) in [6.45, 7) is 3.58. The van der Waals surface area contributed by atoms with E-state index in [2.05, 4.69) is 15.6 Å². The molecule has 1 saturated heterocycles. The van der Waals surface area contributed by atoms with Crippen LogP contribution in [0.1, 0.15) is 28.9 Å². The van der Waals surface area contributed by atoms with E-state index >= 15 is 0 Å². The molecule has 0 bridgehead atoms. The van der Waals surface area contributed by atoms with Gasteiger partial charge in [-0.3, -0.25) is 9.78 Å². The van der Waals surface area contributed by atoms with E-state index in [0.29, 0.717) is 11.3 Å². The lowest BCUT2D eigenvalue weighted by Crippen LogP contribution is -2.39. The van der Waals surface area contributed by atoms with Crippen molar-refractivity contribution < 1.29 is 32.3 Å². The molecule has 0 aliphatic carbocycles. The van der Waals surface area contributed by atoms with Gasteiger partial charge < -0.3 is 15.7 Å². The first-order valence-corrected chi connectivity index (χ1v) is 10.4. The summed E-state index contributed by atoms with van der Waals surface area (Å²) in [7, 11) is 0. The number of aliphatic carboxylic acids is 1. The fourth-order valence-corrected chi connectivity index (χ4v) is 3.72. The molecule has 1 atom stereocenters. The van der Waals surface area contributed by atoms with Gasteiger partial charge in [-0.1, -0.05) is 6.07 Å². The lowest BCUT2D eigenvalue weighted by atomic mass is 9.93. The summed E-state index contributed by atoms with van der Waals surface area (Å²) in [5.74, 6) is -2.98. The van der Waals surface area contributed by atoms with Crippen LogP contribution in [0, 0.1) is 12.8 Å². The van der Waals surface area contributed by atoms with Crippen molar-refractivity contribution in [1.82, 2.24) is 15.6 Å². The highest BCUT2D eigenvalue weighted by molar-refractivity contribution is 7.13. The molecule has 2 aromatic rings. The number of carboxylic acid groups (broad SMARTS) is 1. The normalized spacial score (nSPS) is 15.5. The molecule has 1 aliphatic rings. The van der Waals surface area contributed by atoms with Gasteiger partial charge in [-0.15, -0.1) is 11.3 Å². The molecule has 1 fully saturated rings. The number of halogens is 4. The van der Waals surface area contributed by atoms with Gasteiger partial charge in [0.2, 0.25) is 0 Å². The smallest absolute Gasteiger partial charge is 0.475 e. The first-order chi connectivity index (χ1) is 14.6.